The van der Waals surface area contributed by atoms with Gasteiger partial charge in [0.1, 0.15) is 18.5 Å². The molecule has 8 nitrogen and oxygen atoms in total. The van der Waals surface area contributed by atoms with Crippen LogP contribution < -0.4 is 0 Å². The Morgan fingerprint density at radius 3 is 1.92 bits per heavy atom. The van der Waals surface area contributed by atoms with Crippen molar-refractivity contribution in [1.29, 1.82) is 0 Å². The Hall–Kier alpha value is -1.32. The molecule has 1 atom stereocenters. The molecule has 0 radical (unpaired) electrons. The van der Waals surface area contributed by atoms with Gasteiger partial charge < -0.3 is 23.7 Å². The van der Waals surface area contributed by atoms with Gasteiger partial charge in [-0.3, -0.25) is 14.4 Å². The molecule has 0 saturated carbocycles. The van der Waals surface area contributed by atoms with Crippen molar-refractivity contribution in [2.45, 2.75) is 38.9 Å². The first-order valence-corrected chi connectivity index (χ1v) is 9.84. The first kappa shape index (κ1) is 24.7. The van der Waals surface area contributed by atoms with Crippen molar-refractivity contribution in [3.63, 3.8) is 0 Å². The molecule has 0 amide bonds. The van der Waals surface area contributed by atoms with Crippen molar-refractivity contribution in [3.05, 3.63) is 0 Å². The second-order valence-electron chi connectivity index (χ2n) is 5.01. The maximum absolute atomic E-state index is 12.2. The highest BCUT2D eigenvalue weighted by atomic mass is 32.2. The first-order valence-electron chi connectivity index (χ1n) is 8.80. The third kappa shape index (κ3) is 13.9. The summed E-state index contributed by atoms with van der Waals surface area (Å²) in [5.41, 5.74) is 0. The van der Waals surface area contributed by atoms with Gasteiger partial charge in [-0.1, -0.05) is 6.92 Å². The number of thioether (sulfide) groups is 1. The Kier molecular flexibility index (Phi) is 16.2. The van der Waals surface area contributed by atoms with Crippen LogP contribution in [-0.4, -0.2) is 75.2 Å². The van der Waals surface area contributed by atoms with Crippen LogP contribution in [0.1, 0.15) is 33.6 Å². The molecule has 0 aromatic heterocycles. The van der Waals surface area contributed by atoms with Crippen LogP contribution in [0.4, 0.5) is 0 Å². The maximum Gasteiger partial charge on any atom is 0.319 e. The molecular formula is C17H30O8S. The number of hydrogen-bond donors (Lipinski definition) is 0. The van der Waals surface area contributed by atoms with Gasteiger partial charge in [-0.2, -0.15) is 0 Å². The molecule has 0 aromatic carbocycles. The molecule has 152 valence electrons. The van der Waals surface area contributed by atoms with E-state index in [0.717, 1.165) is 11.8 Å². The standard InChI is InChI=1S/C17H30O8S/c1-4-7-23-16(19)13-26-14(17(20)25-11-9-22-6-3)12-15(18)24-10-8-21-5-2/h14H,4-13H2,1-3H3. The van der Waals surface area contributed by atoms with Gasteiger partial charge in [-0.05, 0) is 20.3 Å². The van der Waals surface area contributed by atoms with Gasteiger partial charge in [0.05, 0.1) is 32.0 Å². The minimum atomic E-state index is -0.842. The van der Waals surface area contributed by atoms with Crippen molar-refractivity contribution < 1.29 is 38.1 Å². The molecule has 0 aliphatic carbocycles. The predicted molar refractivity (Wildman–Crippen MR) is 97.0 cm³/mol. The van der Waals surface area contributed by atoms with E-state index in [4.69, 9.17) is 23.7 Å². The summed E-state index contributed by atoms with van der Waals surface area (Å²) in [7, 11) is 0. The van der Waals surface area contributed by atoms with E-state index in [2.05, 4.69) is 0 Å². The third-order valence-corrected chi connectivity index (χ3v) is 4.02. The van der Waals surface area contributed by atoms with Gasteiger partial charge >= 0.3 is 17.9 Å². The van der Waals surface area contributed by atoms with Crippen LogP contribution in [0.5, 0.6) is 0 Å². The highest BCUT2D eigenvalue weighted by Crippen LogP contribution is 2.18. The molecular weight excluding hydrogens is 364 g/mol. The average Bonchev–Trinajstić information content (AvgIpc) is 2.63. The van der Waals surface area contributed by atoms with Gasteiger partial charge in [0.2, 0.25) is 0 Å². The van der Waals surface area contributed by atoms with E-state index >= 15 is 0 Å². The maximum atomic E-state index is 12.2. The number of rotatable bonds is 16. The summed E-state index contributed by atoms with van der Waals surface area (Å²) >= 11 is 1.00. The van der Waals surface area contributed by atoms with E-state index in [1.807, 2.05) is 20.8 Å². The van der Waals surface area contributed by atoms with Gasteiger partial charge in [0, 0.05) is 13.2 Å². The van der Waals surface area contributed by atoms with Crippen LogP contribution >= 0.6 is 11.8 Å². The van der Waals surface area contributed by atoms with Crippen molar-refractivity contribution >= 4 is 29.7 Å². The molecule has 0 heterocycles. The molecule has 0 aliphatic rings. The lowest BCUT2D eigenvalue weighted by molar-refractivity contribution is -0.151. The molecule has 26 heavy (non-hydrogen) atoms. The van der Waals surface area contributed by atoms with E-state index in [0.29, 0.717) is 32.8 Å². The van der Waals surface area contributed by atoms with Crippen LogP contribution in [0, 0.1) is 0 Å². The van der Waals surface area contributed by atoms with E-state index in [9.17, 15) is 14.4 Å². The third-order valence-electron chi connectivity index (χ3n) is 2.86. The highest BCUT2D eigenvalue weighted by molar-refractivity contribution is 8.01. The number of esters is 3. The Bertz CT molecular complexity index is 402. The van der Waals surface area contributed by atoms with Crippen LogP contribution in [-0.2, 0) is 38.1 Å². The highest BCUT2D eigenvalue weighted by Gasteiger charge is 2.26. The summed E-state index contributed by atoms with van der Waals surface area (Å²) in [6.45, 7) is 7.70. The Labute approximate surface area is 159 Å². The van der Waals surface area contributed by atoms with E-state index in [1.165, 1.54) is 0 Å². The number of ether oxygens (including phenoxy) is 5. The van der Waals surface area contributed by atoms with E-state index in [-0.39, 0.29) is 32.0 Å². The molecule has 0 fully saturated rings. The monoisotopic (exact) mass is 394 g/mol. The zero-order valence-corrected chi connectivity index (χ0v) is 16.6. The molecule has 0 aliphatic heterocycles. The summed E-state index contributed by atoms with van der Waals surface area (Å²) in [5, 5.41) is -0.842. The number of carbonyl (C=O) groups is 3. The zero-order valence-electron chi connectivity index (χ0n) is 15.8. The van der Waals surface area contributed by atoms with Crippen LogP contribution in [0.3, 0.4) is 0 Å². The van der Waals surface area contributed by atoms with Crippen LogP contribution in [0.2, 0.25) is 0 Å². The molecule has 0 N–H and O–H groups in total. The fourth-order valence-corrected chi connectivity index (χ4v) is 2.52. The van der Waals surface area contributed by atoms with Gasteiger partial charge in [0.15, 0.2) is 0 Å². The topological polar surface area (TPSA) is 97.4 Å². The fourth-order valence-electron chi connectivity index (χ4n) is 1.64. The first-order chi connectivity index (χ1) is 12.5. The van der Waals surface area contributed by atoms with Crippen molar-refractivity contribution in [1.82, 2.24) is 0 Å². The second-order valence-corrected chi connectivity index (χ2v) is 6.20. The quantitative estimate of drug-likeness (QED) is 0.220. The summed E-state index contributed by atoms with van der Waals surface area (Å²) < 4.78 is 25.3. The number of hydrogen-bond acceptors (Lipinski definition) is 9. The molecule has 0 spiro atoms. The van der Waals surface area contributed by atoms with Crippen molar-refractivity contribution in [2.75, 3.05) is 52.0 Å². The number of carbonyl (C=O) groups excluding carboxylic acids is 3. The van der Waals surface area contributed by atoms with Gasteiger partial charge in [0.25, 0.3) is 0 Å². The average molecular weight is 394 g/mol. The SMILES string of the molecule is CCCOC(=O)CSC(CC(=O)OCCOCC)C(=O)OCCOCC. The Balaban J connectivity index is 4.43. The van der Waals surface area contributed by atoms with Crippen molar-refractivity contribution in [2.24, 2.45) is 0 Å². The van der Waals surface area contributed by atoms with E-state index < -0.39 is 23.2 Å². The summed E-state index contributed by atoms with van der Waals surface area (Å²) in [4.78, 5) is 35.6. The summed E-state index contributed by atoms with van der Waals surface area (Å²) in [5.74, 6) is -1.61. The molecule has 0 aromatic rings. The van der Waals surface area contributed by atoms with Crippen LogP contribution in [0.15, 0.2) is 0 Å². The Morgan fingerprint density at radius 2 is 1.35 bits per heavy atom. The van der Waals surface area contributed by atoms with Crippen molar-refractivity contribution in [3.8, 4) is 0 Å². The van der Waals surface area contributed by atoms with Gasteiger partial charge in [-0.25, -0.2) is 0 Å². The summed E-state index contributed by atoms with van der Waals surface area (Å²) in [6.07, 6.45) is 0.525. The second kappa shape index (κ2) is 17.1. The minimum absolute atomic E-state index is 0.0442. The smallest absolute Gasteiger partial charge is 0.319 e. The minimum Gasteiger partial charge on any atom is -0.465 e. The van der Waals surface area contributed by atoms with E-state index in [1.54, 1.807) is 0 Å². The molecule has 0 rings (SSSR count). The molecule has 1 unspecified atom stereocenters. The molecule has 0 bridgehead atoms. The predicted octanol–water partition coefficient (Wildman–Crippen LogP) is 1.59. The molecule has 0 saturated heterocycles. The lowest BCUT2D eigenvalue weighted by atomic mass is 10.3. The van der Waals surface area contributed by atoms with Crippen LogP contribution in [0.25, 0.3) is 0 Å². The zero-order chi connectivity index (χ0) is 19.6. The summed E-state index contributed by atoms with van der Waals surface area (Å²) in [6, 6.07) is 0. The largest absolute Gasteiger partial charge is 0.465 e. The van der Waals surface area contributed by atoms with Gasteiger partial charge in [-0.15, -0.1) is 11.8 Å². The lowest BCUT2D eigenvalue weighted by Crippen LogP contribution is -2.27. The Morgan fingerprint density at radius 1 is 0.769 bits per heavy atom. The molecule has 9 heteroatoms. The normalized spacial score (nSPS) is 11.7. The lowest BCUT2D eigenvalue weighted by Gasteiger charge is -2.15. The fraction of sp³-hybridized carbons (Fsp3) is 0.824.